The van der Waals surface area contributed by atoms with Crippen LogP contribution in [0.2, 0.25) is 5.02 Å². The van der Waals surface area contributed by atoms with Crippen molar-refractivity contribution in [2.45, 2.75) is 6.54 Å². The maximum atomic E-state index is 13.8. The molecule has 0 aliphatic carbocycles. The highest BCUT2D eigenvalue weighted by molar-refractivity contribution is 7.18. The van der Waals surface area contributed by atoms with Crippen molar-refractivity contribution in [3.8, 4) is 0 Å². The van der Waals surface area contributed by atoms with Gasteiger partial charge in [0.15, 0.2) is 0 Å². The number of hydrogen-bond acceptors (Lipinski definition) is 3. The molecular formula is C21H20ClFN3OS+. The summed E-state index contributed by atoms with van der Waals surface area (Å²) in [6.45, 7) is 3.97. The molecule has 4 nitrogen and oxygen atoms in total. The predicted octanol–water partition coefficient (Wildman–Crippen LogP) is 3.03. The molecule has 0 atom stereocenters. The van der Waals surface area contributed by atoms with Crippen molar-refractivity contribution in [1.82, 2.24) is 9.88 Å². The zero-order valence-corrected chi connectivity index (χ0v) is 16.8. The first-order chi connectivity index (χ1) is 13.6. The second-order valence-corrected chi connectivity index (χ2v) is 8.32. The number of aromatic nitrogens is 1. The van der Waals surface area contributed by atoms with E-state index in [-0.39, 0.29) is 11.5 Å². The SMILES string of the molecule is O=C(/C=C/c1c(F)cccc1Cl)N1CC[NH+](Cc2nc3ccccc3s2)CC1. The largest absolute Gasteiger partial charge is 0.328 e. The Morgan fingerprint density at radius 3 is 2.75 bits per heavy atom. The van der Waals surface area contributed by atoms with Gasteiger partial charge in [0.1, 0.15) is 17.4 Å². The van der Waals surface area contributed by atoms with Gasteiger partial charge >= 0.3 is 0 Å². The lowest BCUT2D eigenvalue weighted by Gasteiger charge is -2.31. The van der Waals surface area contributed by atoms with E-state index >= 15 is 0 Å². The minimum Gasteiger partial charge on any atom is -0.328 e. The van der Waals surface area contributed by atoms with Crippen LogP contribution in [0.4, 0.5) is 4.39 Å². The highest BCUT2D eigenvalue weighted by Gasteiger charge is 2.23. The number of benzene rings is 2. The van der Waals surface area contributed by atoms with Gasteiger partial charge in [-0.05, 0) is 30.3 Å². The van der Waals surface area contributed by atoms with Crippen molar-refractivity contribution in [3.05, 3.63) is 70.0 Å². The van der Waals surface area contributed by atoms with E-state index in [4.69, 9.17) is 16.6 Å². The van der Waals surface area contributed by atoms with Gasteiger partial charge in [-0.3, -0.25) is 4.79 Å². The summed E-state index contributed by atoms with van der Waals surface area (Å²) in [6, 6.07) is 12.7. The van der Waals surface area contributed by atoms with Crippen LogP contribution in [0.3, 0.4) is 0 Å². The number of halogens is 2. The summed E-state index contributed by atoms with van der Waals surface area (Å²) < 4.78 is 15.0. The summed E-state index contributed by atoms with van der Waals surface area (Å²) in [6.07, 6.45) is 2.86. The maximum absolute atomic E-state index is 13.8. The fraction of sp³-hybridized carbons (Fsp3) is 0.238. The molecule has 1 aliphatic rings. The van der Waals surface area contributed by atoms with E-state index in [0.717, 1.165) is 30.2 Å². The predicted molar refractivity (Wildman–Crippen MR) is 111 cm³/mol. The molecule has 0 bridgehead atoms. The fourth-order valence-electron chi connectivity index (χ4n) is 3.36. The Morgan fingerprint density at radius 1 is 1.21 bits per heavy atom. The minimum atomic E-state index is -0.429. The molecular weight excluding hydrogens is 397 g/mol. The van der Waals surface area contributed by atoms with E-state index < -0.39 is 5.82 Å². The first-order valence-electron chi connectivity index (χ1n) is 9.19. The fourth-order valence-corrected chi connectivity index (χ4v) is 4.62. The Hall–Kier alpha value is -2.28. The number of thiazole rings is 1. The van der Waals surface area contributed by atoms with Gasteiger partial charge in [-0.1, -0.05) is 29.8 Å². The van der Waals surface area contributed by atoms with Gasteiger partial charge in [0.2, 0.25) is 5.91 Å². The van der Waals surface area contributed by atoms with E-state index in [9.17, 15) is 9.18 Å². The normalized spacial score (nSPS) is 15.6. The molecule has 1 fully saturated rings. The van der Waals surface area contributed by atoms with Crippen molar-refractivity contribution in [1.29, 1.82) is 0 Å². The molecule has 2 heterocycles. The lowest BCUT2D eigenvalue weighted by atomic mass is 10.2. The Kier molecular flexibility index (Phi) is 5.71. The van der Waals surface area contributed by atoms with Crippen LogP contribution in [0.5, 0.6) is 0 Å². The van der Waals surface area contributed by atoms with Crippen LogP contribution in [0, 0.1) is 5.82 Å². The summed E-state index contributed by atoms with van der Waals surface area (Å²) in [5.41, 5.74) is 1.30. The number of piperazine rings is 1. The van der Waals surface area contributed by atoms with Crippen molar-refractivity contribution in [3.63, 3.8) is 0 Å². The van der Waals surface area contributed by atoms with Crippen LogP contribution >= 0.6 is 22.9 Å². The molecule has 1 amide bonds. The number of amides is 1. The van der Waals surface area contributed by atoms with Crippen LogP contribution in [-0.2, 0) is 11.3 Å². The molecule has 1 aromatic heterocycles. The third-order valence-corrected chi connectivity index (χ3v) is 6.28. The van der Waals surface area contributed by atoms with Gasteiger partial charge in [0, 0.05) is 11.6 Å². The zero-order valence-electron chi connectivity index (χ0n) is 15.2. The standard InChI is InChI=1S/C21H19ClFN3OS/c22-16-4-3-5-17(23)15(16)8-9-21(27)26-12-10-25(11-13-26)14-20-24-18-6-1-2-7-19(18)28-20/h1-9H,10-14H2/p+1/b9-8+. The molecule has 7 heteroatoms. The molecule has 3 aromatic rings. The lowest BCUT2D eigenvalue weighted by Crippen LogP contribution is -3.13. The number of fused-ring (bicyclic) bond motifs is 1. The molecule has 0 spiro atoms. The number of quaternary nitrogens is 1. The van der Waals surface area contributed by atoms with E-state index in [1.807, 2.05) is 18.2 Å². The highest BCUT2D eigenvalue weighted by Crippen LogP contribution is 2.21. The molecule has 1 N–H and O–H groups in total. The third-order valence-electron chi connectivity index (χ3n) is 4.91. The van der Waals surface area contributed by atoms with Crippen LogP contribution in [0.15, 0.2) is 48.5 Å². The summed E-state index contributed by atoms with van der Waals surface area (Å²) in [4.78, 5) is 20.3. The number of nitrogens with one attached hydrogen (secondary N) is 1. The van der Waals surface area contributed by atoms with Crippen LogP contribution in [0.1, 0.15) is 10.6 Å². The molecule has 1 aliphatic heterocycles. The molecule has 0 saturated carbocycles. The Balaban J connectivity index is 1.33. The molecule has 4 rings (SSSR count). The maximum Gasteiger partial charge on any atom is 0.246 e. The van der Waals surface area contributed by atoms with Gasteiger partial charge in [-0.2, -0.15) is 0 Å². The van der Waals surface area contributed by atoms with Crippen LogP contribution in [0.25, 0.3) is 16.3 Å². The molecule has 28 heavy (non-hydrogen) atoms. The summed E-state index contributed by atoms with van der Waals surface area (Å²) in [5, 5.41) is 1.43. The molecule has 0 radical (unpaired) electrons. The summed E-state index contributed by atoms with van der Waals surface area (Å²) in [7, 11) is 0. The van der Waals surface area contributed by atoms with Crippen molar-refractivity contribution in [2.75, 3.05) is 26.2 Å². The summed E-state index contributed by atoms with van der Waals surface area (Å²) in [5.74, 6) is -0.542. The average molecular weight is 417 g/mol. The van der Waals surface area contributed by atoms with Crippen molar-refractivity contribution < 1.29 is 14.1 Å². The smallest absolute Gasteiger partial charge is 0.246 e. The van der Waals surface area contributed by atoms with Gasteiger partial charge in [0.25, 0.3) is 0 Å². The molecule has 2 aromatic carbocycles. The van der Waals surface area contributed by atoms with Gasteiger partial charge in [-0.15, -0.1) is 11.3 Å². The number of para-hydroxylation sites is 1. The first-order valence-corrected chi connectivity index (χ1v) is 10.4. The van der Waals surface area contributed by atoms with Crippen LogP contribution in [-0.4, -0.2) is 42.0 Å². The number of rotatable bonds is 4. The molecule has 1 saturated heterocycles. The average Bonchev–Trinajstić information content (AvgIpc) is 3.10. The highest BCUT2D eigenvalue weighted by atomic mass is 35.5. The van der Waals surface area contributed by atoms with E-state index in [0.29, 0.717) is 18.1 Å². The quantitative estimate of drug-likeness (QED) is 0.664. The molecule has 0 unspecified atom stereocenters. The lowest BCUT2D eigenvalue weighted by molar-refractivity contribution is -0.917. The van der Waals surface area contributed by atoms with Crippen LogP contribution < -0.4 is 4.90 Å². The summed E-state index contributed by atoms with van der Waals surface area (Å²) >= 11 is 7.73. The third kappa shape index (κ3) is 4.24. The Morgan fingerprint density at radius 2 is 2.00 bits per heavy atom. The van der Waals surface area contributed by atoms with E-state index in [1.54, 1.807) is 28.4 Å². The zero-order chi connectivity index (χ0) is 19.5. The number of carbonyl (C=O) groups excluding carboxylic acids is 1. The van der Waals surface area contributed by atoms with Crippen molar-refractivity contribution in [2.24, 2.45) is 0 Å². The van der Waals surface area contributed by atoms with Crippen molar-refractivity contribution >= 4 is 45.1 Å². The minimum absolute atomic E-state index is 0.113. The van der Waals surface area contributed by atoms with Gasteiger partial charge in [0.05, 0.1) is 41.4 Å². The van der Waals surface area contributed by atoms with E-state index in [1.165, 1.54) is 27.8 Å². The second-order valence-electron chi connectivity index (χ2n) is 6.80. The van der Waals surface area contributed by atoms with Gasteiger partial charge < -0.3 is 9.80 Å². The first kappa shape index (κ1) is 19.1. The number of hydrogen-bond donors (Lipinski definition) is 1. The number of carbonyl (C=O) groups is 1. The van der Waals surface area contributed by atoms with E-state index in [2.05, 4.69) is 6.07 Å². The second kappa shape index (κ2) is 8.39. The Labute approximate surface area is 171 Å². The Bertz CT molecular complexity index is 974. The number of nitrogens with zero attached hydrogens (tertiary/aromatic N) is 2. The molecule has 144 valence electrons. The topological polar surface area (TPSA) is 37.6 Å². The van der Waals surface area contributed by atoms with Gasteiger partial charge in [-0.25, -0.2) is 9.37 Å². The monoisotopic (exact) mass is 416 g/mol.